The summed E-state index contributed by atoms with van der Waals surface area (Å²) in [6.07, 6.45) is -13.1. The van der Waals surface area contributed by atoms with Crippen LogP contribution in [0.1, 0.15) is 23.5 Å². The number of rotatable bonds is 9. The Labute approximate surface area is 211 Å². The van der Waals surface area contributed by atoms with Crippen LogP contribution in [0.3, 0.4) is 0 Å². The van der Waals surface area contributed by atoms with Crippen molar-refractivity contribution in [3.05, 3.63) is 75.2 Å². The molecule has 2 aromatic carbocycles. The Morgan fingerprint density at radius 2 is 1.68 bits per heavy atom. The van der Waals surface area contributed by atoms with Gasteiger partial charge in [-0.25, -0.2) is 9.48 Å². The molecule has 14 heteroatoms. The fraction of sp³-hybridized carbons (Fsp3) is 0.348. The first-order chi connectivity index (χ1) is 17.2. The standard InChI is InChI=1S/C23H21ClF6N4O3/c24-15-7-5-13(6-8-15)20-32-34(21(37)33(20)12-19(36)23(28,29)30)11-16(35)9-14(10-31)17-3-1-2-4-18(17)22(25,26)27/h1-8,14,19,36H,9-12,31H2/t14?,19-/m0/s1. The Hall–Kier alpha value is -3.16. The Morgan fingerprint density at radius 1 is 1.05 bits per heavy atom. The molecule has 0 fully saturated rings. The fourth-order valence-corrected chi connectivity index (χ4v) is 3.86. The molecule has 0 bridgehead atoms. The molecule has 1 heterocycles. The Bertz CT molecular complexity index is 1300. The number of benzene rings is 2. The molecule has 37 heavy (non-hydrogen) atoms. The zero-order valence-electron chi connectivity index (χ0n) is 18.9. The van der Waals surface area contributed by atoms with Gasteiger partial charge in [-0.2, -0.15) is 26.3 Å². The van der Waals surface area contributed by atoms with Crippen molar-refractivity contribution in [1.29, 1.82) is 0 Å². The molecule has 7 nitrogen and oxygen atoms in total. The molecule has 0 saturated heterocycles. The van der Waals surface area contributed by atoms with Gasteiger partial charge < -0.3 is 10.8 Å². The molecule has 3 aromatic rings. The van der Waals surface area contributed by atoms with E-state index < -0.39 is 60.9 Å². The van der Waals surface area contributed by atoms with Gasteiger partial charge in [-0.15, -0.1) is 5.10 Å². The van der Waals surface area contributed by atoms with E-state index in [4.69, 9.17) is 17.3 Å². The second-order valence-corrected chi connectivity index (χ2v) is 8.64. The number of hydrogen-bond donors (Lipinski definition) is 2. The van der Waals surface area contributed by atoms with Crippen LogP contribution in [0.25, 0.3) is 11.4 Å². The molecule has 2 atom stereocenters. The van der Waals surface area contributed by atoms with E-state index in [1.165, 1.54) is 42.5 Å². The molecule has 0 aliphatic heterocycles. The van der Waals surface area contributed by atoms with E-state index >= 15 is 0 Å². The number of alkyl halides is 6. The van der Waals surface area contributed by atoms with Crippen LogP contribution < -0.4 is 11.4 Å². The molecule has 3 N–H and O–H groups in total. The van der Waals surface area contributed by atoms with Gasteiger partial charge in [0.1, 0.15) is 6.54 Å². The summed E-state index contributed by atoms with van der Waals surface area (Å²) in [6, 6.07) is 10.2. The summed E-state index contributed by atoms with van der Waals surface area (Å²) in [6.45, 7) is -2.24. The quantitative estimate of drug-likeness (QED) is 0.392. The van der Waals surface area contributed by atoms with Crippen molar-refractivity contribution in [2.45, 2.75) is 43.9 Å². The first-order valence-corrected chi connectivity index (χ1v) is 11.2. The van der Waals surface area contributed by atoms with Crippen molar-refractivity contribution in [3.63, 3.8) is 0 Å². The summed E-state index contributed by atoms with van der Waals surface area (Å²) in [5.74, 6) is -2.03. The van der Waals surface area contributed by atoms with Crippen LogP contribution in [0.15, 0.2) is 53.3 Å². The summed E-state index contributed by atoms with van der Waals surface area (Å²) < 4.78 is 80.3. The van der Waals surface area contributed by atoms with Crippen LogP contribution >= 0.6 is 11.6 Å². The third kappa shape index (κ3) is 6.79. The van der Waals surface area contributed by atoms with Crippen molar-refractivity contribution in [3.8, 4) is 11.4 Å². The highest BCUT2D eigenvalue weighted by molar-refractivity contribution is 6.30. The highest BCUT2D eigenvalue weighted by Crippen LogP contribution is 2.36. The summed E-state index contributed by atoms with van der Waals surface area (Å²) in [5.41, 5.74) is 3.56. The van der Waals surface area contributed by atoms with Crippen molar-refractivity contribution < 1.29 is 36.2 Å². The molecule has 1 unspecified atom stereocenters. The lowest BCUT2D eigenvalue weighted by Crippen LogP contribution is -2.37. The van der Waals surface area contributed by atoms with E-state index in [0.717, 1.165) is 6.07 Å². The lowest BCUT2D eigenvalue weighted by Gasteiger charge is -2.19. The molecular weight excluding hydrogens is 530 g/mol. The van der Waals surface area contributed by atoms with E-state index in [9.17, 15) is 41.0 Å². The lowest BCUT2D eigenvalue weighted by atomic mass is 9.90. The second-order valence-electron chi connectivity index (χ2n) is 8.20. The van der Waals surface area contributed by atoms with Gasteiger partial charge in [-0.1, -0.05) is 29.8 Å². The van der Waals surface area contributed by atoms with E-state index in [0.29, 0.717) is 14.3 Å². The number of aliphatic hydroxyl groups is 1. The molecule has 0 spiro atoms. The van der Waals surface area contributed by atoms with Crippen LogP contribution in [0.5, 0.6) is 0 Å². The highest BCUT2D eigenvalue weighted by atomic mass is 35.5. The molecule has 0 aliphatic rings. The van der Waals surface area contributed by atoms with Gasteiger partial charge in [-0.05, 0) is 42.4 Å². The zero-order valence-corrected chi connectivity index (χ0v) is 19.7. The van der Waals surface area contributed by atoms with E-state index in [1.54, 1.807) is 0 Å². The number of Topliss-reactive ketones (excluding diaryl/α,β-unsaturated/α-hetero) is 1. The number of carbonyl (C=O) groups is 1. The minimum Gasteiger partial charge on any atom is -0.382 e. The smallest absolute Gasteiger partial charge is 0.382 e. The largest absolute Gasteiger partial charge is 0.416 e. The number of aromatic nitrogens is 3. The molecular formula is C23H21ClF6N4O3. The monoisotopic (exact) mass is 550 g/mol. The van der Waals surface area contributed by atoms with E-state index in [2.05, 4.69) is 5.10 Å². The molecule has 0 amide bonds. The van der Waals surface area contributed by atoms with Crippen molar-refractivity contribution in [2.24, 2.45) is 5.73 Å². The van der Waals surface area contributed by atoms with Crippen molar-refractivity contribution >= 4 is 17.4 Å². The molecule has 3 rings (SSSR count). The van der Waals surface area contributed by atoms with Crippen LogP contribution in [0.4, 0.5) is 26.3 Å². The van der Waals surface area contributed by atoms with Gasteiger partial charge in [-0.3, -0.25) is 9.36 Å². The number of ketones is 1. The maximum Gasteiger partial charge on any atom is 0.416 e. The zero-order chi connectivity index (χ0) is 27.5. The molecule has 0 saturated carbocycles. The number of nitrogens with zero attached hydrogens (tertiary/aromatic N) is 3. The topological polar surface area (TPSA) is 103 Å². The summed E-state index contributed by atoms with van der Waals surface area (Å²) in [7, 11) is 0. The summed E-state index contributed by atoms with van der Waals surface area (Å²) in [5, 5.41) is 13.8. The predicted octanol–water partition coefficient (Wildman–Crippen LogP) is 4.01. The summed E-state index contributed by atoms with van der Waals surface area (Å²) >= 11 is 5.83. The molecule has 1 aromatic heterocycles. The van der Waals surface area contributed by atoms with E-state index in [-0.39, 0.29) is 23.5 Å². The van der Waals surface area contributed by atoms with Crippen LogP contribution in [-0.2, 0) is 24.1 Å². The van der Waals surface area contributed by atoms with Gasteiger partial charge >= 0.3 is 18.0 Å². The number of halogens is 7. The van der Waals surface area contributed by atoms with Crippen molar-refractivity contribution in [2.75, 3.05) is 6.54 Å². The molecule has 0 radical (unpaired) electrons. The maximum atomic E-state index is 13.4. The van der Waals surface area contributed by atoms with Crippen LogP contribution in [0.2, 0.25) is 5.02 Å². The number of aliphatic hydroxyl groups excluding tert-OH is 1. The van der Waals surface area contributed by atoms with Gasteiger partial charge in [0.25, 0.3) is 0 Å². The first kappa shape index (κ1) is 28.4. The predicted molar refractivity (Wildman–Crippen MR) is 122 cm³/mol. The van der Waals surface area contributed by atoms with Crippen LogP contribution in [-0.4, -0.2) is 44.1 Å². The SMILES string of the molecule is NCC(CC(=O)Cn1nc(-c2ccc(Cl)cc2)n(C[C@H](O)C(F)(F)F)c1=O)c1ccccc1C(F)(F)F. The fourth-order valence-electron chi connectivity index (χ4n) is 3.74. The number of nitrogens with two attached hydrogens (primary N) is 1. The second kappa shape index (κ2) is 11.1. The minimum absolute atomic E-state index is 0.181. The maximum absolute atomic E-state index is 13.4. The van der Waals surface area contributed by atoms with Gasteiger partial charge in [0, 0.05) is 22.9 Å². The number of carbonyl (C=O) groups excluding carboxylic acids is 1. The minimum atomic E-state index is -5.03. The normalized spacial score (nSPS) is 14.0. The average molecular weight is 551 g/mol. The Balaban J connectivity index is 1.93. The lowest BCUT2D eigenvalue weighted by molar-refractivity contribution is -0.207. The van der Waals surface area contributed by atoms with E-state index in [1.807, 2.05) is 0 Å². The van der Waals surface area contributed by atoms with Gasteiger partial charge in [0.05, 0.1) is 12.1 Å². The first-order valence-electron chi connectivity index (χ1n) is 10.8. The van der Waals surface area contributed by atoms with Crippen molar-refractivity contribution in [1.82, 2.24) is 14.3 Å². The van der Waals surface area contributed by atoms with Gasteiger partial charge in [0.15, 0.2) is 17.7 Å². The molecule has 200 valence electrons. The van der Waals surface area contributed by atoms with Crippen LogP contribution in [0, 0.1) is 0 Å². The summed E-state index contributed by atoms with van der Waals surface area (Å²) in [4.78, 5) is 25.6. The Kier molecular flexibility index (Phi) is 8.50. The average Bonchev–Trinajstić information content (AvgIpc) is 3.11. The number of hydrogen-bond acceptors (Lipinski definition) is 5. The Morgan fingerprint density at radius 3 is 2.24 bits per heavy atom. The third-order valence-electron chi connectivity index (χ3n) is 5.55. The van der Waals surface area contributed by atoms with Gasteiger partial charge in [0.2, 0.25) is 0 Å². The third-order valence-corrected chi connectivity index (χ3v) is 5.80. The highest BCUT2D eigenvalue weighted by Gasteiger charge is 2.39. The molecule has 0 aliphatic carbocycles.